The fourth-order valence-corrected chi connectivity index (χ4v) is 18.7. The first-order valence-corrected chi connectivity index (χ1v) is 45.3. The van der Waals surface area contributed by atoms with Crippen LogP contribution in [0.15, 0.2) is 505 Å². The normalized spacial score (nSPS) is 11.8. The molecule has 636 valence electrons. The van der Waals surface area contributed by atoms with E-state index in [-0.39, 0.29) is 23.5 Å². The maximum absolute atomic E-state index is 8.55. The number of pyridine rings is 3. The summed E-state index contributed by atoms with van der Waals surface area (Å²) in [6.07, 6.45) is 16.8. The predicted octanol–water partition coefficient (Wildman–Crippen LogP) is 32.7. The fourth-order valence-electron chi connectivity index (χ4n) is 18.7. The Balaban J connectivity index is 0.000000118. The van der Waals surface area contributed by atoms with Gasteiger partial charge < -0.3 is 0 Å². The summed E-state index contributed by atoms with van der Waals surface area (Å²) < 4.78 is 41.6. The first-order chi connectivity index (χ1) is 69.5. The largest absolute Gasteiger partial charge is 0.264 e. The molecule has 0 aliphatic rings. The molecule has 9 nitrogen and oxygen atoms in total. The highest BCUT2D eigenvalue weighted by atomic mass is 14.9. The lowest BCUT2D eigenvalue weighted by molar-refractivity contribution is 1.18. The van der Waals surface area contributed by atoms with E-state index in [1.54, 1.807) is 18.6 Å². The number of benzene rings is 19. The number of hydrogen-bond donors (Lipinski definition) is 0. The summed E-state index contributed by atoms with van der Waals surface area (Å²) in [6, 6.07) is 144. The molecule has 25 rings (SSSR count). The number of nitrogens with zero attached hydrogens (tertiary/aromatic N) is 9. The van der Waals surface area contributed by atoms with Gasteiger partial charge in [-0.3, -0.25) is 15.0 Å². The van der Waals surface area contributed by atoms with Gasteiger partial charge in [0.25, 0.3) is 0 Å². The Kier molecular flexibility index (Phi) is 20.8. The van der Waals surface area contributed by atoms with Crippen LogP contribution >= 0.6 is 0 Å². The van der Waals surface area contributed by atoms with Crippen molar-refractivity contribution in [3.05, 3.63) is 505 Å². The summed E-state index contributed by atoms with van der Waals surface area (Å²) in [5.41, 5.74) is 26.0. The molecule has 6 heterocycles. The Bertz CT molecular complexity index is 9130. The van der Waals surface area contributed by atoms with Crippen molar-refractivity contribution in [3.63, 3.8) is 0 Å². The SMILES string of the molecule is [2H]c1c([2H])c([2H])c(-c2ncc(-c3cccc(-c4cccnc4)c3)c(-c3cccc(-c4cccc5ccccc45)c3)n2)c([2H])c1[2H].c1cc(-c2ccc3ccccc3c2)cc(-c2nc(-c3cccc4ccccc34)ncc2-c2cccc(-c3cncc4ccccc34)c2)c1.c1cncc(-c2cccc(-c3cnc(-c4cc5ccccc5c5ccccc45)nc3-c3cccc(-c4cccc5ccccc45)c3)c2)c1. The number of rotatable bonds is 15. The van der Waals surface area contributed by atoms with E-state index in [0.29, 0.717) is 17.3 Å². The molecule has 0 bridgehead atoms. The summed E-state index contributed by atoms with van der Waals surface area (Å²) >= 11 is 0. The second-order valence-electron chi connectivity index (χ2n) is 33.6. The van der Waals surface area contributed by atoms with E-state index in [1.807, 2.05) is 104 Å². The maximum atomic E-state index is 8.55. The highest BCUT2D eigenvalue weighted by molar-refractivity contribution is 6.14. The molecule has 0 saturated heterocycles. The van der Waals surface area contributed by atoms with Crippen molar-refractivity contribution >= 4 is 75.4 Å². The van der Waals surface area contributed by atoms with Crippen LogP contribution in [0, 0.1) is 0 Å². The minimum absolute atomic E-state index is 0.0388. The van der Waals surface area contributed by atoms with Crippen molar-refractivity contribution in [2.24, 2.45) is 0 Å². The summed E-state index contributed by atoms with van der Waals surface area (Å²) in [5, 5.41) is 16.5. The van der Waals surface area contributed by atoms with Gasteiger partial charge in [0.2, 0.25) is 0 Å². The second kappa shape index (κ2) is 36.9. The van der Waals surface area contributed by atoms with Crippen LogP contribution in [0.25, 0.3) is 243 Å². The highest BCUT2D eigenvalue weighted by Crippen LogP contribution is 2.45. The van der Waals surface area contributed by atoms with E-state index in [0.717, 1.165) is 155 Å². The summed E-state index contributed by atoms with van der Waals surface area (Å²) in [5.74, 6) is 1.47. The zero-order valence-electron chi connectivity index (χ0n) is 78.6. The average Bonchev–Trinajstić information content (AvgIpc) is 0.764. The van der Waals surface area contributed by atoms with E-state index in [4.69, 9.17) is 31.8 Å². The molecule has 0 saturated carbocycles. The third kappa shape index (κ3) is 16.6. The smallest absolute Gasteiger partial charge is 0.160 e. The Labute approximate surface area is 794 Å². The molecule has 0 aliphatic heterocycles. The van der Waals surface area contributed by atoms with Crippen molar-refractivity contribution in [3.8, 4) is 168 Å². The van der Waals surface area contributed by atoms with E-state index in [9.17, 15) is 0 Å². The topological polar surface area (TPSA) is 116 Å². The van der Waals surface area contributed by atoms with Gasteiger partial charge in [0.15, 0.2) is 17.5 Å². The zero-order valence-corrected chi connectivity index (χ0v) is 73.6. The minimum atomic E-state index is -0.458. The van der Waals surface area contributed by atoms with Gasteiger partial charge in [0, 0.05) is 128 Å². The van der Waals surface area contributed by atoms with Gasteiger partial charge in [-0.1, -0.05) is 388 Å². The first kappa shape index (κ1) is 76.5. The molecule has 136 heavy (non-hydrogen) atoms. The molecule has 0 fully saturated rings. The van der Waals surface area contributed by atoms with Gasteiger partial charge in [-0.2, -0.15) is 0 Å². The molecular weight excluding hydrogens is 1650 g/mol. The predicted molar refractivity (Wildman–Crippen MR) is 564 cm³/mol. The van der Waals surface area contributed by atoms with Crippen LogP contribution in [0.1, 0.15) is 6.85 Å². The monoisotopic (exact) mass is 1740 g/mol. The highest BCUT2D eigenvalue weighted by Gasteiger charge is 2.23. The van der Waals surface area contributed by atoms with E-state index in [1.165, 1.54) is 59.6 Å². The second-order valence-corrected chi connectivity index (χ2v) is 33.6. The van der Waals surface area contributed by atoms with Gasteiger partial charge in [-0.05, 0) is 197 Å². The van der Waals surface area contributed by atoms with Crippen molar-refractivity contribution in [1.29, 1.82) is 0 Å². The molecule has 6 aromatic heterocycles. The number of fused-ring (bicyclic) bond motifs is 8. The standard InChI is InChI=1S/2C45H29N3.C37H25N3/c1-3-19-37-30(11-1)13-9-23-38(37)32-15-8-17-35(26-32)44-43(33-16-7-14-31(25-33)36-18-10-24-46-28-36)29-47-45(48-44)42-27-34-12-2-4-20-39(34)40-21-5-6-22-41(40)42;1-2-12-32-24-34(23-22-30(32)10-1)33-15-7-18-37(25-33)44-43(29-47-45(48-44)41-21-9-14-31-11-3-5-19-39(31)41)36-17-8-16-35(26-36)42-28-46-27-38-13-4-6-20-40(38)42;1-2-11-27(12-3-1)37-39-25-35(30-16-6-14-28(22-30)32-18-9-21-38-24-32)36(40-37)31-17-7-15-29(23-31)34-20-8-13-26-10-4-5-19-33(26)34/h2*1-29H;1-25H/i;;1D,2D,3D,11D,12D. The molecule has 19 aromatic carbocycles. The van der Waals surface area contributed by atoms with Crippen LogP contribution in [0.2, 0.25) is 0 Å². The van der Waals surface area contributed by atoms with Crippen molar-refractivity contribution in [2.75, 3.05) is 0 Å². The average molecular weight is 1740 g/mol. The number of hydrogen-bond acceptors (Lipinski definition) is 9. The molecule has 9 heteroatoms. The molecule has 25 aromatic rings. The molecule has 0 unspecified atom stereocenters. The maximum Gasteiger partial charge on any atom is 0.160 e. The van der Waals surface area contributed by atoms with Gasteiger partial charge in [0.05, 0.1) is 23.9 Å². The lowest BCUT2D eigenvalue weighted by Gasteiger charge is -2.15. The summed E-state index contributed by atoms with van der Waals surface area (Å²) in [4.78, 5) is 43.5. The first-order valence-electron chi connectivity index (χ1n) is 47.8. The van der Waals surface area contributed by atoms with Crippen molar-refractivity contribution < 1.29 is 6.85 Å². The van der Waals surface area contributed by atoms with Crippen molar-refractivity contribution in [1.82, 2.24) is 44.9 Å². The van der Waals surface area contributed by atoms with Gasteiger partial charge >= 0.3 is 0 Å². The fraction of sp³-hybridized carbons (Fsp3) is 0. The molecule has 0 radical (unpaired) electrons. The van der Waals surface area contributed by atoms with Crippen LogP contribution < -0.4 is 0 Å². The number of aromatic nitrogens is 9. The molecule has 0 N–H and O–H groups in total. The van der Waals surface area contributed by atoms with Crippen LogP contribution in [-0.4, -0.2) is 44.9 Å². The summed E-state index contributed by atoms with van der Waals surface area (Å²) in [6.45, 7) is 0. The molecule has 0 amide bonds. The molecule has 0 atom stereocenters. The van der Waals surface area contributed by atoms with Gasteiger partial charge in [-0.25, -0.2) is 29.9 Å². The third-order valence-electron chi connectivity index (χ3n) is 25.3. The summed E-state index contributed by atoms with van der Waals surface area (Å²) in [7, 11) is 0. The Morgan fingerprint density at radius 3 is 1.01 bits per heavy atom. The lowest BCUT2D eigenvalue weighted by atomic mass is 9.93. The zero-order chi connectivity index (χ0) is 94.8. The third-order valence-corrected chi connectivity index (χ3v) is 25.3. The van der Waals surface area contributed by atoms with Crippen molar-refractivity contribution in [2.45, 2.75) is 0 Å². The molecular formula is C127H83N9. The quantitative estimate of drug-likeness (QED) is 0.0925. The van der Waals surface area contributed by atoms with E-state index < -0.39 is 18.1 Å². The van der Waals surface area contributed by atoms with Crippen LogP contribution in [0.3, 0.4) is 0 Å². The van der Waals surface area contributed by atoms with E-state index in [2.05, 4.69) is 372 Å². The lowest BCUT2D eigenvalue weighted by Crippen LogP contribution is -1.97. The van der Waals surface area contributed by atoms with Crippen LogP contribution in [0.4, 0.5) is 0 Å². The Morgan fingerprint density at radius 1 is 0.154 bits per heavy atom. The molecule has 0 aliphatic carbocycles. The van der Waals surface area contributed by atoms with Crippen LogP contribution in [-0.2, 0) is 0 Å². The van der Waals surface area contributed by atoms with Crippen LogP contribution in [0.5, 0.6) is 0 Å². The Hall–Kier alpha value is -18.3. The minimum Gasteiger partial charge on any atom is -0.264 e. The van der Waals surface area contributed by atoms with Gasteiger partial charge in [0.1, 0.15) is 0 Å². The Morgan fingerprint density at radius 2 is 0.493 bits per heavy atom. The van der Waals surface area contributed by atoms with E-state index >= 15 is 0 Å². The van der Waals surface area contributed by atoms with Gasteiger partial charge in [-0.15, -0.1) is 0 Å². The molecule has 0 spiro atoms.